The number of hydrogen-bond acceptors (Lipinski definition) is 5. The Bertz CT molecular complexity index is 1050. The quantitative estimate of drug-likeness (QED) is 0.588. The van der Waals surface area contributed by atoms with Crippen LogP contribution in [0.3, 0.4) is 0 Å². The van der Waals surface area contributed by atoms with E-state index in [9.17, 15) is 9.59 Å². The standard InChI is InChI=1S/C21H21ClN2O4/c1-21(2,3)28-20(26)24-12-17(22)16-10-13(5-6-18(16)24)9-15-11-14(7-8-23-15)19(25)27-4/h5-8,10-12H,9H2,1-4H3. The van der Waals surface area contributed by atoms with Crippen molar-refractivity contribution >= 4 is 34.6 Å². The minimum absolute atomic E-state index is 0.406. The number of ether oxygens (including phenoxy) is 2. The number of methoxy groups -OCH3 is 1. The zero-order valence-electron chi connectivity index (χ0n) is 16.2. The summed E-state index contributed by atoms with van der Waals surface area (Å²) in [7, 11) is 1.34. The van der Waals surface area contributed by atoms with Crippen molar-refractivity contribution in [2.75, 3.05) is 7.11 Å². The molecule has 0 aliphatic carbocycles. The van der Waals surface area contributed by atoms with E-state index in [1.165, 1.54) is 11.7 Å². The van der Waals surface area contributed by atoms with Gasteiger partial charge in [0.15, 0.2) is 0 Å². The Balaban J connectivity index is 1.90. The number of esters is 1. The van der Waals surface area contributed by atoms with E-state index < -0.39 is 17.7 Å². The smallest absolute Gasteiger partial charge is 0.419 e. The molecule has 1 aromatic carbocycles. The Morgan fingerprint density at radius 1 is 1.18 bits per heavy atom. The molecule has 0 radical (unpaired) electrons. The van der Waals surface area contributed by atoms with E-state index in [4.69, 9.17) is 21.1 Å². The number of hydrogen-bond donors (Lipinski definition) is 0. The highest BCUT2D eigenvalue weighted by Gasteiger charge is 2.20. The lowest BCUT2D eigenvalue weighted by molar-refractivity contribution is 0.0543. The van der Waals surface area contributed by atoms with Gasteiger partial charge in [0.2, 0.25) is 0 Å². The highest BCUT2D eigenvalue weighted by atomic mass is 35.5. The molecule has 0 unspecified atom stereocenters. The monoisotopic (exact) mass is 400 g/mol. The molecule has 28 heavy (non-hydrogen) atoms. The molecule has 0 fully saturated rings. The summed E-state index contributed by atoms with van der Waals surface area (Å²) in [5, 5.41) is 1.20. The van der Waals surface area contributed by atoms with Gasteiger partial charge < -0.3 is 9.47 Å². The number of aromatic nitrogens is 2. The van der Waals surface area contributed by atoms with Crippen LogP contribution in [0.4, 0.5) is 4.79 Å². The van der Waals surface area contributed by atoms with Crippen molar-refractivity contribution in [3.63, 3.8) is 0 Å². The van der Waals surface area contributed by atoms with Crippen molar-refractivity contribution in [2.24, 2.45) is 0 Å². The topological polar surface area (TPSA) is 70.4 Å². The number of pyridine rings is 1. The first kappa shape index (κ1) is 19.9. The molecular formula is C21H21ClN2O4. The highest BCUT2D eigenvalue weighted by Crippen LogP contribution is 2.28. The van der Waals surface area contributed by atoms with E-state index in [0.29, 0.717) is 22.5 Å². The van der Waals surface area contributed by atoms with Gasteiger partial charge in [-0.05, 0) is 50.6 Å². The molecule has 2 heterocycles. The van der Waals surface area contributed by atoms with Crippen LogP contribution in [0.25, 0.3) is 10.9 Å². The average molecular weight is 401 g/mol. The molecular weight excluding hydrogens is 380 g/mol. The van der Waals surface area contributed by atoms with E-state index >= 15 is 0 Å². The van der Waals surface area contributed by atoms with Crippen LogP contribution in [0.15, 0.2) is 42.7 Å². The molecule has 6 nitrogen and oxygen atoms in total. The fraction of sp³-hybridized carbons (Fsp3) is 0.286. The number of carbonyl (C=O) groups is 2. The fourth-order valence-electron chi connectivity index (χ4n) is 2.84. The molecule has 0 N–H and O–H groups in total. The SMILES string of the molecule is COC(=O)c1ccnc(Cc2ccc3c(c2)c(Cl)cn3C(=O)OC(C)(C)C)c1. The van der Waals surface area contributed by atoms with Gasteiger partial charge in [-0.25, -0.2) is 9.59 Å². The fourth-order valence-corrected chi connectivity index (χ4v) is 3.09. The first-order chi connectivity index (χ1) is 13.2. The van der Waals surface area contributed by atoms with Crippen LogP contribution in [-0.4, -0.2) is 34.3 Å². The first-order valence-electron chi connectivity index (χ1n) is 8.74. The van der Waals surface area contributed by atoms with Crippen molar-refractivity contribution in [1.29, 1.82) is 0 Å². The largest absolute Gasteiger partial charge is 0.465 e. The maximum absolute atomic E-state index is 12.4. The molecule has 0 saturated heterocycles. The zero-order chi connectivity index (χ0) is 20.5. The van der Waals surface area contributed by atoms with Crippen LogP contribution in [0.1, 0.15) is 42.4 Å². The third kappa shape index (κ3) is 4.34. The average Bonchev–Trinajstić information content (AvgIpc) is 2.96. The van der Waals surface area contributed by atoms with E-state index in [0.717, 1.165) is 16.6 Å². The number of halogens is 1. The van der Waals surface area contributed by atoms with Crippen LogP contribution in [0.2, 0.25) is 5.02 Å². The molecule has 0 amide bonds. The molecule has 0 bridgehead atoms. The summed E-state index contributed by atoms with van der Waals surface area (Å²) in [4.78, 5) is 28.4. The predicted molar refractivity (Wildman–Crippen MR) is 107 cm³/mol. The van der Waals surface area contributed by atoms with Gasteiger partial charge in [0.25, 0.3) is 0 Å². The summed E-state index contributed by atoms with van der Waals surface area (Å²) in [6.45, 7) is 5.43. The summed E-state index contributed by atoms with van der Waals surface area (Å²) in [5.74, 6) is -0.406. The van der Waals surface area contributed by atoms with E-state index in [1.54, 1.807) is 24.5 Å². The minimum Gasteiger partial charge on any atom is -0.465 e. The van der Waals surface area contributed by atoms with Gasteiger partial charge in [0.05, 0.1) is 23.2 Å². The maximum Gasteiger partial charge on any atom is 0.419 e. The third-order valence-electron chi connectivity index (χ3n) is 4.03. The van der Waals surface area contributed by atoms with Gasteiger partial charge in [-0.15, -0.1) is 0 Å². The summed E-state index contributed by atoms with van der Waals surface area (Å²) in [6.07, 6.45) is 3.16. The molecule has 146 valence electrons. The van der Waals surface area contributed by atoms with Gasteiger partial charge in [-0.2, -0.15) is 0 Å². The lowest BCUT2D eigenvalue weighted by Crippen LogP contribution is -2.26. The molecule has 3 aromatic rings. The number of rotatable bonds is 3. The Kier molecular flexibility index (Phi) is 5.42. The molecule has 0 atom stereocenters. The molecule has 3 rings (SSSR count). The number of benzene rings is 1. The molecule has 2 aromatic heterocycles. The molecule has 0 spiro atoms. The normalized spacial score (nSPS) is 11.5. The van der Waals surface area contributed by atoms with Crippen molar-refractivity contribution in [3.8, 4) is 0 Å². The Labute approximate surface area is 168 Å². The predicted octanol–water partition coefficient (Wildman–Crippen LogP) is 4.85. The van der Waals surface area contributed by atoms with Crippen LogP contribution >= 0.6 is 11.6 Å². The number of nitrogens with zero attached hydrogens (tertiary/aromatic N) is 2. The van der Waals surface area contributed by atoms with E-state index in [2.05, 4.69) is 4.98 Å². The second-order valence-electron chi connectivity index (χ2n) is 7.38. The molecule has 0 aliphatic heterocycles. The number of carbonyl (C=O) groups excluding carboxylic acids is 2. The summed E-state index contributed by atoms with van der Waals surface area (Å²) < 4.78 is 11.6. The molecule has 7 heteroatoms. The van der Waals surface area contributed by atoms with Crippen LogP contribution in [-0.2, 0) is 15.9 Å². The van der Waals surface area contributed by atoms with Crippen molar-refractivity contribution in [1.82, 2.24) is 9.55 Å². The van der Waals surface area contributed by atoms with Crippen LogP contribution in [0.5, 0.6) is 0 Å². The van der Waals surface area contributed by atoms with Crippen molar-refractivity contribution in [2.45, 2.75) is 32.8 Å². The number of fused-ring (bicyclic) bond motifs is 1. The molecule has 0 aliphatic rings. The van der Waals surface area contributed by atoms with Gasteiger partial charge >= 0.3 is 12.1 Å². The van der Waals surface area contributed by atoms with Gasteiger partial charge in [0.1, 0.15) is 5.60 Å². The Morgan fingerprint density at radius 2 is 1.93 bits per heavy atom. The second kappa shape index (κ2) is 7.64. The van der Waals surface area contributed by atoms with Crippen molar-refractivity contribution < 1.29 is 19.1 Å². The Morgan fingerprint density at radius 3 is 2.61 bits per heavy atom. The van der Waals surface area contributed by atoms with E-state index in [-0.39, 0.29) is 0 Å². The summed E-state index contributed by atoms with van der Waals surface area (Å²) >= 11 is 6.35. The van der Waals surface area contributed by atoms with Crippen LogP contribution in [0, 0.1) is 0 Å². The van der Waals surface area contributed by atoms with Crippen LogP contribution < -0.4 is 0 Å². The second-order valence-corrected chi connectivity index (χ2v) is 7.79. The van der Waals surface area contributed by atoms with Gasteiger partial charge in [0, 0.05) is 29.9 Å². The summed E-state index contributed by atoms with van der Waals surface area (Å²) in [6, 6.07) is 8.93. The van der Waals surface area contributed by atoms with Crippen molar-refractivity contribution in [3.05, 3.63) is 64.6 Å². The highest BCUT2D eigenvalue weighted by molar-refractivity contribution is 6.36. The zero-order valence-corrected chi connectivity index (χ0v) is 16.9. The lowest BCUT2D eigenvalue weighted by Gasteiger charge is -2.19. The van der Waals surface area contributed by atoms with E-state index in [1.807, 2.05) is 39.0 Å². The van der Waals surface area contributed by atoms with Gasteiger partial charge in [-0.3, -0.25) is 9.55 Å². The van der Waals surface area contributed by atoms with Gasteiger partial charge in [-0.1, -0.05) is 17.7 Å². The minimum atomic E-state index is -0.601. The first-order valence-corrected chi connectivity index (χ1v) is 9.12. The Hall–Kier alpha value is -2.86. The summed E-state index contributed by atoms with van der Waals surface area (Å²) in [5.41, 5.74) is 2.19. The lowest BCUT2D eigenvalue weighted by atomic mass is 10.1. The molecule has 0 saturated carbocycles. The maximum atomic E-state index is 12.4. The third-order valence-corrected chi connectivity index (χ3v) is 4.33.